The summed E-state index contributed by atoms with van der Waals surface area (Å²) in [5.74, 6) is 0.717. The second-order valence-electron chi connectivity index (χ2n) is 5.77. The zero-order chi connectivity index (χ0) is 20.3. The third-order valence-corrected chi connectivity index (χ3v) is 2.92. The van der Waals surface area contributed by atoms with Crippen molar-refractivity contribution in [3.05, 3.63) is 0 Å². The van der Waals surface area contributed by atoms with Crippen LogP contribution in [-0.2, 0) is 23.7 Å². The molecule has 6 nitrogen and oxygen atoms in total. The van der Waals surface area contributed by atoms with Crippen molar-refractivity contribution in [2.75, 3.05) is 73.1 Å². The van der Waals surface area contributed by atoms with Crippen LogP contribution in [-0.4, -0.2) is 73.1 Å². The van der Waals surface area contributed by atoms with Crippen molar-refractivity contribution < 1.29 is 23.7 Å². The van der Waals surface area contributed by atoms with Gasteiger partial charge in [0.1, 0.15) is 0 Å². The Balaban J connectivity index is -0.000000375. The molecule has 0 heterocycles. The molecule has 6 heteroatoms. The van der Waals surface area contributed by atoms with Crippen LogP contribution in [0.1, 0.15) is 53.9 Å². The van der Waals surface area contributed by atoms with Gasteiger partial charge in [0, 0.05) is 26.9 Å². The van der Waals surface area contributed by atoms with Gasteiger partial charge in [-0.2, -0.15) is 0 Å². The summed E-state index contributed by atoms with van der Waals surface area (Å²) in [5.41, 5.74) is 5.23. The molecule has 0 aliphatic heterocycles. The SMILES string of the molecule is CC.CCCCOCCOCCN.COCCOCCOCCC(C)C. The lowest BCUT2D eigenvalue weighted by atomic mass is 10.1. The fraction of sp³-hybridized carbons (Fsp3) is 1.00. The van der Waals surface area contributed by atoms with Crippen molar-refractivity contribution in [3.8, 4) is 0 Å². The molecule has 0 bridgehead atoms. The van der Waals surface area contributed by atoms with Crippen LogP contribution in [0.15, 0.2) is 0 Å². The highest BCUT2D eigenvalue weighted by Gasteiger charge is 1.93. The van der Waals surface area contributed by atoms with Gasteiger partial charge in [-0.1, -0.05) is 41.0 Å². The molecule has 0 aliphatic carbocycles. The molecule has 0 fully saturated rings. The lowest BCUT2D eigenvalue weighted by Crippen LogP contribution is -2.12. The second kappa shape index (κ2) is 32.4. The van der Waals surface area contributed by atoms with Crippen LogP contribution >= 0.6 is 0 Å². The molecule has 0 aromatic carbocycles. The quantitative estimate of drug-likeness (QED) is 0.389. The Morgan fingerprint density at radius 2 is 1.15 bits per heavy atom. The van der Waals surface area contributed by atoms with E-state index < -0.39 is 0 Å². The minimum absolute atomic E-state index is 0.592. The molecule has 26 heavy (non-hydrogen) atoms. The van der Waals surface area contributed by atoms with E-state index in [1.807, 2.05) is 13.8 Å². The molecule has 0 saturated carbocycles. The lowest BCUT2D eigenvalue weighted by Gasteiger charge is -2.06. The first kappa shape index (κ1) is 30.5. The Labute approximate surface area is 163 Å². The zero-order valence-electron chi connectivity index (χ0n) is 18.4. The molecular formula is C20H47NO5. The number of nitrogens with two attached hydrogens (primary N) is 1. The fourth-order valence-electron chi connectivity index (χ4n) is 1.43. The first-order valence-corrected chi connectivity index (χ1v) is 10.2. The highest BCUT2D eigenvalue weighted by molar-refractivity contribution is 4.42. The summed E-state index contributed by atoms with van der Waals surface area (Å²) in [4.78, 5) is 0. The van der Waals surface area contributed by atoms with Crippen molar-refractivity contribution in [1.82, 2.24) is 0 Å². The van der Waals surface area contributed by atoms with Crippen LogP contribution in [0.25, 0.3) is 0 Å². The van der Waals surface area contributed by atoms with Crippen molar-refractivity contribution in [2.45, 2.75) is 53.9 Å². The summed E-state index contributed by atoms with van der Waals surface area (Å²) in [6, 6.07) is 0. The molecular weight excluding hydrogens is 334 g/mol. The third kappa shape index (κ3) is 39.0. The monoisotopic (exact) mass is 381 g/mol. The Hall–Kier alpha value is -0.240. The van der Waals surface area contributed by atoms with Gasteiger partial charge in [0.2, 0.25) is 0 Å². The molecule has 0 aromatic rings. The number of hydrogen-bond donors (Lipinski definition) is 1. The van der Waals surface area contributed by atoms with Gasteiger partial charge in [-0.3, -0.25) is 0 Å². The number of methoxy groups -OCH3 is 1. The van der Waals surface area contributed by atoms with E-state index in [1.165, 1.54) is 6.42 Å². The predicted octanol–water partition coefficient (Wildman–Crippen LogP) is 3.52. The van der Waals surface area contributed by atoms with E-state index >= 15 is 0 Å². The summed E-state index contributed by atoms with van der Waals surface area (Å²) in [7, 11) is 1.67. The third-order valence-electron chi connectivity index (χ3n) is 2.92. The van der Waals surface area contributed by atoms with Crippen molar-refractivity contribution in [2.24, 2.45) is 11.7 Å². The highest BCUT2D eigenvalue weighted by atomic mass is 16.5. The van der Waals surface area contributed by atoms with Crippen LogP contribution in [0.2, 0.25) is 0 Å². The first-order valence-electron chi connectivity index (χ1n) is 10.2. The minimum Gasteiger partial charge on any atom is -0.382 e. The van der Waals surface area contributed by atoms with Gasteiger partial charge < -0.3 is 29.4 Å². The number of ether oxygens (including phenoxy) is 5. The molecule has 2 N–H and O–H groups in total. The largest absolute Gasteiger partial charge is 0.382 e. The second-order valence-corrected chi connectivity index (χ2v) is 5.77. The van der Waals surface area contributed by atoms with Gasteiger partial charge in [0.25, 0.3) is 0 Å². The minimum atomic E-state index is 0.592. The van der Waals surface area contributed by atoms with E-state index in [-0.39, 0.29) is 0 Å². The van der Waals surface area contributed by atoms with Gasteiger partial charge in [0.15, 0.2) is 0 Å². The maximum Gasteiger partial charge on any atom is 0.0701 e. The van der Waals surface area contributed by atoms with E-state index in [1.54, 1.807) is 7.11 Å². The van der Waals surface area contributed by atoms with Crippen molar-refractivity contribution >= 4 is 0 Å². The first-order chi connectivity index (χ1) is 12.7. The number of unbranched alkanes of at least 4 members (excludes halogenated alkanes) is 1. The van der Waals surface area contributed by atoms with Gasteiger partial charge >= 0.3 is 0 Å². The Bertz CT molecular complexity index is 199. The lowest BCUT2D eigenvalue weighted by molar-refractivity contribution is 0.0226. The zero-order valence-corrected chi connectivity index (χ0v) is 18.4. The predicted molar refractivity (Wildman–Crippen MR) is 110 cm³/mol. The van der Waals surface area contributed by atoms with Crippen molar-refractivity contribution in [1.29, 1.82) is 0 Å². The van der Waals surface area contributed by atoms with Gasteiger partial charge in [0.05, 0.1) is 46.2 Å². The molecule has 162 valence electrons. The Morgan fingerprint density at radius 3 is 1.62 bits per heavy atom. The summed E-state index contributed by atoms with van der Waals surface area (Å²) < 4.78 is 25.8. The maximum atomic E-state index is 5.36. The van der Waals surface area contributed by atoms with E-state index in [0.717, 1.165) is 32.0 Å². The van der Waals surface area contributed by atoms with E-state index in [2.05, 4.69) is 20.8 Å². The highest BCUT2D eigenvalue weighted by Crippen LogP contribution is 1.98. The number of rotatable bonds is 17. The standard InChI is InChI=1S/C10H22O3.C8H19NO2.C2H6/c1-10(2)4-5-12-8-9-13-7-6-11-3;1-2-3-5-10-7-8-11-6-4-9;1-2/h10H,4-9H2,1-3H3;2-9H2,1H3;1-2H3. The van der Waals surface area contributed by atoms with Gasteiger partial charge in [-0.15, -0.1) is 0 Å². The summed E-state index contributed by atoms with van der Waals surface area (Å²) in [5, 5.41) is 0. The maximum absolute atomic E-state index is 5.36. The molecule has 0 spiro atoms. The average Bonchev–Trinajstić information content (AvgIpc) is 2.65. The fourth-order valence-corrected chi connectivity index (χ4v) is 1.43. The Morgan fingerprint density at radius 1 is 0.692 bits per heavy atom. The number of hydrogen-bond acceptors (Lipinski definition) is 6. The normalized spacial score (nSPS) is 10.2. The molecule has 0 amide bonds. The average molecular weight is 382 g/mol. The summed E-state index contributed by atoms with van der Waals surface area (Å²) in [6.45, 7) is 17.5. The molecule has 0 unspecified atom stereocenters. The summed E-state index contributed by atoms with van der Waals surface area (Å²) >= 11 is 0. The van der Waals surface area contributed by atoms with Crippen LogP contribution in [0.4, 0.5) is 0 Å². The molecule has 0 rings (SSSR count). The molecule has 0 aliphatic rings. The molecule has 0 atom stereocenters. The molecule has 0 aromatic heterocycles. The Kier molecular flexibility index (Phi) is 38.0. The van der Waals surface area contributed by atoms with Gasteiger partial charge in [-0.05, 0) is 18.8 Å². The smallest absolute Gasteiger partial charge is 0.0701 e. The van der Waals surface area contributed by atoms with Crippen LogP contribution in [0, 0.1) is 5.92 Å². The van der Waals surface area contributed by atoms with Crippen LogP contribution in [0.5, 0.6) is 0 Å². The topological polar surface area (TPSA) is 72.2 Å². The molecule has 0 radical (unpaired) electrons. The molecule has 0 saturated heterocycles. The van der Waals surface area contributed by atoms with E-state index in [0.29, 0.717) is 52.8 Å². The van der Waals surface area contributed by atoms with Crippen LogP contribution in [0.3, 0.4) is 0 Å². The van der Waals surface area contributed by atoms with Gasteiger partial charge in [-0.25, -0.2) is 0 Å². The summed E-state index contributed by atoms with van der Waals surface area (Å²) in [6.07, 6.45) is 3.44. The van der Waals surface area contributed by atoms with E-state index in [4.69, 9.17) is 29.4 Å². The van der Waals surface area contributed by atoms with Crippen molar-refractivity contribution in [3.63, 3.8) is 0 Å². The van der Waals surface area contributed by atoms with E-state index in [9.17, 15) is 0 Å². The van der Waals surface area contributed by atoms with Crippen LogP contribution < -0.4 is 5.73 Å².